The van der Waals surface area contributed by atoms with Crippen molar-refractivity contribution in [1.82, 2.24) is 9.80 Å². The monoisotopic (exact) mass is 390 g/mol. The Morgan fingerprint density at radius 3 is 2.38 bits per heavy atom. The van der Waals surface area contributed by atoms with Crippen LogP contribution in [0, 0.1) is 0 Å². The predicted octanol–water partition coefficient (Wildman–Crippen LogP) is 5.49. The number of alkyl halides is 3. The molecule has 0 N–H and O–H groups in total. The third kappa shape index (κ3) is 4.93. The highest BCUT2D eigenvalue weighted by molar-refractivity contribution is 6.31. The summed E-state index contributed by atoms with van der Waals surface area (Å²) >= 11 is 5.74. The van der Waals surface area contributed by atoms with E-state index in [9.17, 15) is 13.2 Å². The Morgan fingerprint density at radius 1 is 1.19 bits per heavy atom. The number of rotatable bonds is 4. The van der Waals surface area contributed by atoms with Crippen molar-refractivity contribution >= 4 is 11.6 Å². The first-order valence-corrected chi connectivity index (χ1v) is 9.51. The molecule has 2 rings (SSSR count). The predicted molar refractivity (Wildman–Crippen MR) is 102 cm³/mol. The molecule has 0 amide bonds. The van der Waals surface area contributed by atoms with Gasteiger partial charge in [0.25, 0.3) is 0 Å². The fraction of sp³-hybridized carbons (Fsp3) is 0.700. The van der Waals surface area contributed by atoms with Crippen molar-refractivity contribution in [3.63, 3.8) is 0 Å². The van der Waals surface area contributed by atoms with Gasteiger partial charge in [0.05, 0.1) is 10.6 Å². The second-order valence-corrected chi connectivity index (χ2v) is 9.03. The lowest BCUT2D eigenvalue weighted by molar-refractivity contribution is -0.137. The van der Waals surface area contributed by atoms with E-state index in [1.165, 1.54) is 12.1 Å². The molecular formula is C20H30ClF3N2. The maximum Gasteiger partial charge on any atom is 0.417 e. The summed E-state index contributed by atoms with van der Waals surface area (Å²) in [5.74, 6) is 0. The second-order valence-electron chi connectivity index (χ2n) is 8.63. The lowest BCUT2D eigenvalue weighted by atomic mass is 9.81. The molecule has 1 heterocycles. The second kappa shape index (κ2) is 7.69. The third-order valence-corrected chi connectivity index (χ3v) is 6.00. The van der Waals surface area contributed by atoms with E-state index in [1.807, 2.05) is 0 Å². The Morgan fingerprint density at radius 2 is 1.85 bits per heavy atom. The number of likely N-dealkylation sites (tertiary alicyclic amines) is 1. The molecule has 0 unspecified atom stereocenters. The van der Waals surface area contributed by atoms with E-state index >= 15 is 0 Å². The smallest absolute Gasteiger partial charge is 0.302 e. The van der Waals surface area contributed by atoms with Crippen LogP contribution in [0.4, 0.5) is 13.2 Å². The molecule has 0 spiro atoms. The van der Waals surface area contributed by atoms with Gasteiger partial charge >= 0.3 is 6.18 Å². The molecular weight excluding hydrogens is 361 g/mol. The van der Waals surface area contributed by atoms with Crippen LogP contribution >= 0.6 is 11.6 Å². The highest BCUT2D eigenvalue weighted by atomic mass is 35.5. The molecule has 1 aromatic carbocycles. The Labute approximate surface area is 160 Å². The van der Waals surface area contributed by atoms with Crippen molar-refractivity contribution in [3.8, 4) is 0 Å². The van der Waals surface area contributed by atoms with Crippen molar-refractivity contribution in [2.24, 2.45) is 0 Å². The number of aryl methyl sites for hydroxylation is 1. The van der Waals surface area contributed by atoms with E-state index in [-0.39, 0.29) is 16.1 Å². The van der Waals surface area contributed by atoms with E-state index in [0.717, 1.165) is 32.4 Å². The average molecular weight is 391 g/mol. The first-order valence-electron chi connectivity index (χ1n) is 9.13. The molecule has 1 aromatic rings. The minimum absolute atomic E-state index is 0.0242. The summed E-state index contributed by atoms with van der Waals surface area (Å²) in [4.78, 5) is 4.74. The summed E-state index contributed by atoms with van der Waals surface area (Å²) in [7, 11) is 4.16. The molecule has 6 heteroatoms. The lowest BCUT2D eigenvalue weighted by Crippen LogP contribution is -2.60. The molecule has 0 aromatic heterocycles. The minimum Gasteiger partial charge on any atom is -0.302 e. The summed E-state index contributed by atoms with van der Waals surface area (Å²) in [6.45, 7) is 8.65. The number of nitrogens with zero attached hydrogens (tertiary/aromatic N) is 2. The zero-order valence-corrected chi connectivity index (χ0v) is 17.1. The van der Waals surface area contributed by atoms with Crippen LogP contribution in [-0.4, -0.2) is 48.1 Å². The van der Waals surface area contributed by atoms with Gasteiger partial charge in [-0.3, -0.25) is 4.90 Å². The first kappa shape index (κ1) is 21.5. The van der Waals surface area contributed by atoms with E-state index in [0.29, 0.717) is 12.0 Å². The van der Waals surface area contributed by atoms with Crippen LogP contribution in [0.2, 0.25) is 5.02 Å². The van der Waals surface area contributed by atoms with Gasteiger partial charge in [-0.2, -0.15) is 13.2 Å². The Kier molecular flexibility index (Phi) is 6.36. The number of likely N-dealkylation sites (N-methyl/N-ethyl adjacent to an activating group) is 1. The molecule has 1 aliphatic heterocycles. The van der Waals surface area contributed by atoms with Gasteiger partial charge < -0.3 is 4.90 Å². The molecule has 26 heavy (non-hydrogen) atoms. The van der Waals surface area contributed by atoms with Crippen molar-refractivity contribution in [2.75, 3.05) is 27.2 Å². The third-order valence-electron chi connectivity index (χ3n) is 5.67. The van der Waals surface area contributed by atoms with Crippen molar-refractivity contribution in [3.05, 3.63) is 34.3 Å². The van der Waals surface area contributed by atoms with Crippen LogP contribution in [0.15, 0.2) is 18.2 Å². The number of piperidine rings is 1. The van der Waals surface area contributed by atoms with Crippen LogP contribution < -0.4 is 0 Å². The maximum atomic E-state index is 13.1. The van der Waals surface area contributed by atoms with Gasteiger partial charge in [0.1, 0.15) is 0 Å². The molecule has 0 bridgehead atoms. The molecule has 1 atom stereocenters. The molecule has 1 aliphatic rings. The fourth-order valence-corrected chi connectivity index (χ4v) is 4.02. The number of hydrogen-bond acceptors (Lipinski definition) is 2. The molecule has 1 fully saturated rings. The summed E-state index contributed by atoms with van der Waals surface area (Å²) in [5.41, 5.74) is 0.0148. The van der Waals surface area contributed by atoms with E-state index < -0.39 is 11.7 Å². The van der Waals surface area contributed by atoms with Gasteiger partial charge in [-0.1, -0.05) is 17.7 Å². The Bertz CT molecular complexity index is 622. The van der Waals surface area contributed by atoms with Gasteiger partial charge in [-0.05, 0) is 84.8 Å². The van der Waals surface area contributed by atoms with Crippen LogP contribution in [0.1, 0.15) is 51.2 Å². The molecule has 2 nitrogen and oxygen atoms in total. The van der Waals surface area contributed by atoms with Gasteiger partial charge in [0.15, 0.2) is 0 Å². The summed E-state index contributed by atoms with van der Waals surface area (Å²) in [5, 5.41) is -0.236. The largest absolute Gasteiger partial charge is 0.417 e. The van der Waals surface area contributed by atoms with Gasteiger partial charge in [-0.15, -0.1) is 0 Å². The van der Waals surface area contributed by atoms with Crippen LogP contribution in [0.3, 0.4) is 0 Å². The normalized spacial score (nSPS) is 22.8. The average Bonchev–Trinajstić information content (AvgIpc) is 2.52. The minimum atomic E-state index is -4.42. The fourth-order valence-electron chi connectivity index (χ4n) is 3.80. The Balaban J connectivity index is 2.19. The Hall–Kier alpha value is -0.780. The lowest BCUT2D eigenvalue weighted by Gasteiger charge is -2.51. The summed E-state index contributed by atoms with van der Waals surface area (Å²) in [6, 6.07) is 4.28. The first-order chi connectivity index (χ1) is 11.8. The molecule has 0 radical (unpaired) electrons. The van der Waals surface area contributed by atoms with E-state index in [4.69, 9.17) is 11.6 Å². The summed E-state index contributed by atoms with van der Waals surface area (Å²) < 4.78 is 39.3. The molecule has 148 valence electrons. The number of halogens is 4. The zero-order valence-electron chi connectivity index (χ0n) is 16.4. The highest BCUT2D eigenvalue weighted by Crippen LogP contribution is 2.37. The molecule has 1 saturated heterocycles. The van der Waals surface area contributed by atoms with E-state index in [1.54, 1.807) is 6.07 Å². The van der Waals surface area contributed by atoms with Gasteiger partial charge in [0.2, 0.25) is 0 Å². The standard InChI is InChI=1S/C20H30ClF3N2/c1-18(2,3)26-12-6-10-19(14-26,25(4)5)11-9-15-7-8-17(21)16(13-15)20(22,23)24/h7-8,13H,6,9-12,14H2,1-5H3/t19-/m1/s1. The topological polar surface area (TPSA) is 6.48 Å². The quantitative estimate of drug-likeness (QED) is 0.671. The van der Waals surface area contributed by atoms with Gasteiger partial charge in [-0.25, -0.2) is 0 Å². The zero-order chi connectivity index (χ0) is 19.8. The SMILES string of the molecule is CN(C)[C@@]1(CCc2ccc(Cl)c(C(F)(F)F)c2)CCCN(C(C)(C)C)C1. The molecule has 0 aliphatic carbocycles. The van der Waals surface area contributed by atoms with E-state index in [2.05, 4.69) is 44.7 Å². The van der Waals surface area contributed by atoms with Crippen molar-refractivity contribution in [2.45, 2.75) is 63.7 Å². The van der Waals surface area contributed by atoms with Crippen LogP contribution in [0.25, 0.3) is 0 Å². The van der Waals surface area contributed by atoms with Gasteiger partial charge in [0, 0.05) is 17.6 Å². The maximum absolute atomic E-state index is 13.1. The van der Waals surface area contributed by atoms with Crippen LogP contribution in [-0.2, 0) is 12.6 Å². The van der Waals surface area contributed by atoms with Crippen molar-refractivity contribution < 1.29 is 13.2 Å². The number of benzene rings is 1. The van der Waals surface area contributed by atoms with Crippen molar-refractivity contribution in [1.29, 1.82) is 0 Å². The number of hydrogen-bond donors (Lipinski definition) is 0. The summed E-state index contributed by atoms with van der Waals surface area (Å²) in [6.07, 6.45) is -0.821. The van der Waals surface area contributed by atoms with Crippen LogP contribution in [0.5, 0.6) is 0 Å². The molecule has 0 saturated carbocycles. The highest BCUT2D eigenvalue weighted by Gasteiger charge is 2.40.